The number of likely N-dealkylation sites (tertiary alicyclic amines) is 1. The van der Waals surface area contributed by atoms with Crippen LogP contribution in [0.5, 0.6) is 0 Å². The number of rotatable bonds is 4. The number of hydrogen-bond donors (Lipinski definition) is 2. The van der Waals surface area contributed by atoms with Crippen molar-refractivity contribution in [3.05, 3.63) is 35.4 Å². The largest absolute Gasteiger partial charge is 0.387 e. The number of nitrogens with zero attached hydrogens (tertiary/aromatic N) is 1. The van der Waals surface area contributed by atoms with Crippen LogP contribution in [-0.4, -0.2) is 29.6 Å². The van der Waals surface area contributed by atoms with Crippen molar-refractivity contribution in [2.45, 2.75) is 38.8 Å². The second-order valence-electron chi connectivity index (χ2n) is 5.80. The predicted octanol–water partition coefficient (Wildman–Crippen LogP) is 2.30. The minimum absolute atomic E-state index is 0.389. The van der Waals surface area contributed by atoms with Crippen molar-refractivity contribution < 1.29 is 5.11 Å². The summed E-state index contributed by atoms with van der Waals surface area (Å²) in [5.74, 6) is 0.825. The zero-order valence-electron chi connectivity index (χ0n) is 11.9. The molecule has 1 aromatic rings. The summed E-state index contributed by atoms with van der Waals surface area (Å²) in [7, 11) is 0. The second kappa shape index (κ2) is 7.04. The van der Waals surface area contributed by atoms with Crippen molar-refractivity contribution in [1.29, 1.82) is 0 Å². The van der Waals surface area contributed by atoms with E-state index in [1.807, 2.05) is 24.3 Å². The normalized spacial score (nSPS) is 23.0. The molecule has 0 aliphatic carbocycles. The first-order chi connectivity index (χ1) is 9.19. The van der Waals surface area contributed by atoms with Crippen LogP contribution in [0.3, 0.4) is 0 Å². The molecule has 1 aliphatic heterocycles. The lowest BCUT2D eigenvalue weighted by Gasteiger charge is -2.23. The smallest absolute Gasteiger partial charge is 0.0916 e. The van der Waals surface area contributed by atoms with Gasteiger partial charge in [-0.2, -0.15) is 0 Å². The molecule has 0 amide bonds. The van der Waals surface area contributed by atoms with Crippen LogP contribution in [-0.2, 0) is 6.54 Å². The molecule has 2 atom stereocenters. The maximum absolute atomic E-state index is 10.3. The summed E-state index contributed by atoms with van der Waals surface area (Å²) in [5, 5.41) is 10.3. The average molecular weight is 262 g/mol. The Morgan fingerprint density at radius 1 is 1.26 bits per heavy atom. The molecule has 0 saturated carbocycles. The highest BCUT2D eigenvalue weighted by Crippen LogP contribution is 2.20. The van der Waals surface area contributed by atoms with Crippen molar-refractivity contribution >= 4 is 0 Å². The van der Waals surface area contributed by atoms with Gasteiger partial charge in [-0.15, -0.1) is 0 Å². The third-order valence-corrected chi connectivity index (χ3v) is 4.14. The first kappa shape index (κ1) is 14.5. The Balaban J connectivity index is 1.90. The zero-order valence-corrected chi connectivity index (χ0v) is 11.9. The molecule has 1 aliphatic rings. The van der Waals surface area contributed by atoms with Crippen LogP contribution < -0.4 is 5.73 Å². The van der Waals surface area contributed by atoms with E-state index in [0.717, 1.165) is 36.7 Å². The molecule has 19 heavy (non-hydrogen) atoms. The van der Waals surface area contributed by atoms with Crippen LogP contribution in [0.2, 0.25) is 0 Å². The molecule has 2 rings (SSSR count). The number of aliphatic hydroxyl groups excluding tert-OH is 1. The average Bonchev–Trinajstić information content (AvgIpc) is 2.64. The second-order valence-corrected chi connectivity index (χ2v) is 5.80. The van der Waals surface area contributed by atoms with Crippen LogP contribution in [0.4, 0.5) is 0 Å². The number of hydrogen-bond acceptors (Lipinski definition) is 3. The summed E-state index contributed by atoms with van der Waals surface area (Å²) in [4.78, 5) is 2.39. The molecule has 0 spiro atoms. The molecule has 2 unspecified atom stereocenters. The van der Waals surface area contributed by atoms with Gasteiger partial charge < -0.3 is 15.7 Å². The number of aliphatic hydroxyl groups is 1. The minimum atomic E-state index is -0.389. The van der Waals surface area contributed by atoms with Gasteiger partial charge in [-0.05, 0) is 49.4 Å². The topological polar surface area (TPSA) is 49.5 Å². The Hall–Kier alpha value is -0.900. The quantitative estimate of drug-likeness (QED) is 0.875. The van der Waals surface area contributed by atoms with E-state index in [-0.39, 0.29) is 6.10 Å². The SMILES string of the molecule is CC1CCCN(CC(O)c2ccc(CN)cc2)CC1. The summed E-state index contributed by atoms with van der Waals surface area (Å²) in [6.07, 6.45) is 3.43. The Kier molecular flexibility index (Phi) is 5.37. The molecular weight excluding hydrogens is 236 g/mol. The van der Waals surface area contributed by atoms with Gasteiger partial charge >= 0.3 is 0 Å². The van der Waals surface area contributed by atoms with Crippen LogP contribution in [0, 0.1) is 5.92 Å². The molecule has 3 N–H and O–H groups in total. The molecule has 1 aromatic carbocycles. The molecule has 1 heterocycles. The van der Waals surface area contributed by atoms with E-state index in [4.69, 9.17) is 5.73 Å². The molecule has 106 valence electrons. The Labute approximate surface area is 116 Å². The molecule has 1 fully saturated rings. The maximum atomic E-state index is 10.3. The monoisotopic (exact) mass is 262 g/mol. The number of β-amino-alcohol motifs (C(OH)–C–C–N with tert-alkyl or cyclic N) is 1. The van der Waals surface area contributed by atoms with Crippen molar-refractivity contribution in [3.8, 4) is 0 Å². The summed E-state index contributed by atoms with van der Waals surface area (Å²) in [6.45, 7) is 5.85. The fourth-order valence-electron chi connectivity index (χ4n) is 2.73. The summed E-state index contributed by atoms with van der Waals surface area (Å²) >= 11 is 0. The van der Waals surface area contributed by atoms with Gasteiger partial charge in [-0.3, -0.25) is 0 Å². The van der Waals surface area contributed by atoms with E-state index < -0.39 is 0 Å². The van der Waals surface area contributed by atoms with E-state index in [9.17, 15) is 5.11 Å². The van der Waals surface area contributed by atoms with Gasteiger partial charge in [0.25, 0.3) is 0 Å². The standard InChI is InChI=1S/C16H26N2O/c1-13-3-2-9-18(10-8-13)12-16(19)15-6-4-14(11-17)5-7-15/h4-7,13,16,19H,2-3,8-12,17H2,1H3. The highest BCUT2D eigenvalue weighted by atomic mass is 16.3. The van der Waals surface area contributed by atoms with Gasteiger partial charge in [0, 0.05) is 13.1 Å². The van der Waals surface area contributed by atoms with Crippen molar-refractivity contribution in [1.82, 2.24) is 4.90 Å². The minimum Gasteiger partial charge on any atom is -0.387 e. The summed E-state index contributed by atoms with van der Waals surface area (Å²) in [6, 6.07) is 7.99. The Morgan fingerprint density at radius 2 is 2.00 bits per heavy atom. The molecule has 0 radical (unpaired) electrons. The molecular formula is C16H26N2O. The van der Waals surface area contributed by atoms with Gasteiger partial charge in [-0.25, -0.2) is 0 Å². The molecule has 0 bridgehead atoms. The van der Waals surface area contributed by atoms with Crippen molar-refractivity contribution in [2.75, 3.05) is 19.6 Å². The number of nitrogens with two attached hydrogens (primary N) is 1. The first-order valence-electron chi connectivity index (χ1n) is 7.38. The van der Waals surface area contributed by atoms with Crippen molar-refractivity contribution in [3.63, 3.8) is 0 Å². The van der Waals surface area contributed by atoms with Gasteiger partial charge in [0.05, 0.1) is 6.10 Å². The predicted molar refractivity (Wildman–Crippen MR) is 78.7 cm³/mol. The lowest BCUT2D eigenvalue weighted by Crippen LogP contribution is -2.29. The highest BCUT2D eigenvalue weighted by molar-refractivity contribution is 5.24. The van der Waals surface area contributed by atoms with Gasteiger partial charge in [0.2, 0.25) is 0 Å². The fraction of sp³-hybridized carbons (Fsp3) is 0.625. The molecule has 1 saturated heterocycles. The van der Waals surface area contributed by atoms with E-state index >= 15 is 0 Å². The zero-order chi connectivity index (χ0) is 13.7. The summed E-state index contributed by atoms with van der Waals surface area (Å²) < 4.78 is 0. The van der Waals surface area contributed by atoms with E-state index in [0.29, 0.717) is 6.54 Å². The van der Waals surface area contributed by atoms with Crippen molar-refractivity contribution in [2.24, 2.45) is 11.7 Å². The van der Waals surface area contributed by atoms with Crippen LogP contribution in [0.1, 0.15) is 43.4 Å². The first-order valence-corrected chi connectivity index (χ1v) is 7.38. The van der Waals surface area contributed by atoms with Gasteiger partial charge in [0.1, 0.15) is 0 Å². The lowest BCUT2D eigenvalue weighted by atomic mass is 10.0. The highest BCUT2D eigenvalue weighted by Gasteiger charge is 2.17. The van der Waals surface area contributed by atoms with Crippen LogP contribution in [0.15, 0.2) is 24.3 Å². The Morgan fingerprint density at radius 3 is 2.68 bits per heavy atom. The van der Waals surface area contributed by atoms with Gasteiger partial charge in [0.15, 0.2) is 0 Å². The summed E-state index contributed by atoms with van der Waals surface area (Å²) in [5.41, 5.74) is 7.69. The molecule has 0 aromatic heterocycles. The van der Waals surface area contributed by atoms with Crippen LogP contribution in [0.25, 0.3) is 0 Å². The molecule has 3 nitrogen and oxygen atoms in total. The fourth-order valence-corrected chi connectivity index (χ4v) is 2.73. The van der Waals surface area contributed by atoms with E-state index in [2.05, 4.69) is 11.8 Å². The van der Waals surface area contributed by atoms with Crippen LogP contribution >= 0.6 is 0 Å². The third kappa shape index (κ3) is 4.30. The Bertz CT molecular complexity index is 377. The van der Waals surface area contributed by atoms with Gasteiger partial charge in [-0.1, -0.05) is 31.2 Å². The lowest BCUT2D eigenvalue weighted by molar-refractivity contribution is 0.114. The third-order valence-electron chi connectivity index (χ3n) is 4.14. The van der Waals surface area contributed by atoms with E-state index in [1.54, 1.807) is 0 Å². The number of benzene rings is 1. The van der Waals surface area contributed by atoms with E-state index in [1.165, 1.54) is 19.3 Å². The maximum Gasteiger partial charge on any atom is 0.0916 e. The molecule has 3 heteroatoms.